The maximum atomic E-state index is 13.0. The van der Waals surface area contributed by atoms with E-state index in [0.717, 1.165) is 5.69 Å². The predicted octanol–water partition coefficient (Wildman–Crippen LogP) is 3.03. The second-order valence-electron chi connectivity index (χ2n) is 7.17. The van der Waals surface area contributed by atoms with Crippen LogP contribution >= 0.6 is 23.2 Å². The summed E-state index contributed by atoms with van der Waals surface area (Å²) in [6.45, 7) is 1.49. The van der Waals surface area contributed by atoms with Gasteiger partial charge in [-0.1, -0.05) is 40.5 Å². The molecule has 0 unspecified atom stereocenters. The van der Waals surface area contributed by atoms with Crippen LogP contribution < -0.4 is 4.90 Å². The van der Waals surface area contributed by atoms with E-state index in [1.165, 1.54) is 16.7 Å². The van der Waals surface area contributed by atoms with Gasteiger partial charge >= 0.3 is 0 Å². The SMILES string of the molecule is O=S(=O)(c1ccccc1Cl)N1CCN(c2ncnc3c2nnn3-c2ccc(Cl)cc2)CC1. The molecule has 1 aliphatic heterocycles. The van der Waals surface area contributed by atoms with Gasteiger partial charge in [-0.3, -0.25) is 0 Å². The summed E-state index contributed by atoms with van der Waals surface area (Å²) in [7, 11) is -3.68. The second kappa shape index (κ2) is 8.28. The molecule has 1 aliphatic rings. The molecule has 0 atom stereocenters. The van der Waals surface area contributed by atoms with Crippen molar-refractivity contribution in [2.75, 3.05) is 31.1 Å². The number of anilines is 1. The molecule has 5 rings (SSSR count). The molecule has 0 amide bonds. The van der Waals surface area contributed by atoms with Crippen molar-refractivity contribution in [3.8, 4) is 5.69 Å². The van der Waals surface area contributed by atoms with Crippen LogP contribution in [0.5, 0.6) is 0 Å². The van der Waals surface area contributed by atoms with Gasteiger partial charge in [-0.25, -0.2) is 18.4 Å². The zero-order chi connectivity index (χ0) is 22.3. The summed E-state index contributed by atoms with van der Waals surface area (Å²) in [5, 5.41) is 9.35. The van der Waals surface area contributed by atoms with Gasteiger partial charge in [0.05, 0.1) is 10.7 Å². The maximum absolute atomic E-state index is 13.0. The van der Waals surface area contributed by atoms with Crippen molar-refractivity contribution >= 4 is 50.2 Å². The molecule has 0 bridgehead atoms. The van der Waals surface area contributed by atoms with Gasteiger partial charge in [-0.15, -0.1) is 5.10 Å². The molecule has 1 saturated heterocycles. The van der Waals surface area contributed by atoms with Gasteiger partial charge in [0.15, 0.2) is 17.0 Å². The van der Waals surface area contributed by atoms with Crippen molar-refractivity contribution < 1.29 is 8.42 Å². The Morgan fingerprint density at radius 3 is 2.31 bits per heavy atom. The van der Waals surface area contributed by atoms with Gasteiger partial charge in [0.1, 0.15) is 11.2 Å². The quantitative estimate of drug-likeness (QED) is 0.434. The van der Waals surface area contributed by atoms with Crippen LogP contribution in [0.15, 0.2) is 59.8 Å². The highest BCUT2D eigenvalue weighted by Crippen LogP contribution is 2.28. The van der Waals surface area contributed by atoms with E-state index in [0.29, 0.717) is 48.2 Å². The Labute approximate surface area is 194 Å². The number of aromatic nitrogens is 5. The number of hydrogen-bond donors (Lipinski definition) is 0. The number of piperazine rings is 1. The van der Waals surface area contributed by atoms with E-state index in [4.69, 9.17) is 23.2 Å². The van der Waals surface area contributed by atoms with Crippen molar-refractivity contribution in [3.63, 3.8) is 0 Å². The molecule has 0 radical (unpaired) electrons. The zero-order valence-electron chi connectivity index (χ0n) is 16.6. The molecule has 9 nitrogen and oxygen atoms in total. The summed E-state index contributed by atoms with van der Waals surface area (Å²) in [5.41, 5.74) is 1.88. The predicted molar refractivity (Wildman–Crippen MR) is 122 cm³/mol. The Balaban J connectivity index is 1.40. The van der Waals surface area contributed by atoms with Crippen molar-refractivity contribution in [2.45, 2.75) is 4.90 Å². The summed E-state index contributed by atoms with van der Waals surface area (Å²) in [5.74, 6) is 0.616. The standard InChI is InChI=1S/C20H17Cl2N7O2S/c21-14-5-7-15(8-6-14)29-20-18(25-26-29)19(23-13-24-20)27-9-11-28(12-10-27)32(30,31)17-4-2-1-3-16(17)22/h1-8,13H,9-12H2. The fourth-order valence-corrected chi connectivity index (χ4v) is 5.70. The van der Waals surface area contributed by atoms with E-state index in [1.807, 2.05) is 17.0 Å². The first-order chi connectivity index (χ1) is 15.4. The Morgan fingerprint density at radius 1 is 0.875 bits per heavy atom. The van der Waals surface area contributed by atoms with Crippen molar-refractivity contribution in [1.82, 2.24) is 29.3 Å². The van der Waals surface area contributed by atoms with Crippen LogP contribution in [0.25, 0.3) is 16.9 Å². The molecule has 12 heteroatoms. The lowest BCUT2D eigenvalue weighted by Crippen LogP contribution is -2.49. The topological polar surface area (TPSA) is 97.1 Å². The highest BCUT2D eigenvalue weighted by molar-refractivity contribution is 7.89. The monoisotopic (exact) mass is 489 g/mol. The molecular formula is C20H17Cl2N7O2S. The van der Waals surface area contributed by atoms with Gasteiger partial charge in [-0.05, 0) is 36.4 Å². The Kier molecular flexibility index (Phi) is 5.46. The Morgan fingerprint density at radius 2 is 1.59 bits per heavy atom. The van der Waals surface area contributed by atoms with Crippen molar-refractivity contribution in [2.24, 2.45) is 0 Å². The van der Waals surface area contributed by atoms with Crippen LogP contribution in [-0.4, -0.2) is 63.9 Å². The van der Waals surface area contributed by atoms with Crippen LogP contribution in [0, 0.1) is 0 Å². The highest BCUT2D eigenvalue weighted by atomic mass is 35.5. The largest absolute Gasteiger partial charge is 0.352 e. The fraction of sp³-hybridized carbons (Fsp3) is 0.200. The fourth-order valence-electron chi connectivity index (χ4n) is 3.66. The van der Waals surface area contributed by atoms with E-state index in [2.05, 4.69) is 20.3 Å². The molecule has 0 N–H and O–H groups in total. The van der Waals surface area contributed by atoms with Crippen LogP contribution in [0.4, 0.5) is 5.82 Å². The van der Waals surface area contributed by atoms with E-state index >= 15 is 0 Å². The van der Waals surface area contributed by atoms with Gasteiger partial charge in [0.2, 0.25) is 10.0 Å². The van der Waals surface area contributed by atoms with Crippen LogP contribution in [-0.2, 0) is 10.0 Å². The molecule has 2 aromatic carbocycles. The lowest BCUT2D eigenvalue weighted by molar-refractivity contribution is 0.384. The van der Waals surface area contributed by atoms with E-state index in [1.54, 1.807) is 35.0 Å². The minimum atomic E-state index is -3.68. The molecule has 0 spiro atoms. The molecule has 3 heterocycles. The number of rotatable bonds is 4. The number of fused-ring (bicyclic) bond motifs is 1. The lowest BCUT2D eigenvalue weighted by Gasteiger charge is -2.34. The minimum Gasteiger partial charge on any atom is -0.352 e. The summed E-state index contributed by atoms with van der Waals surface area (Å²) in [6.07, 6.45) is 1.46. The van der Waals surface area contributed by atoms with Gasteiger partial charge in [0.25, 0.3) is 0 Å². The van der Waals surface area contributed by atoms with E-state index < -0.39 is 10.0 Å². The number of nitrogens with zero attached hydrogens (tertiary/aromatic N) is 7. The van der Waals surface area contributed by atoms with Crippen molar-refractivity contribution in [1.29, 1.82) is 0 Å². The van der Waals surface area contributed by atoms with E-state index in [-0.39, 0.29) is 9.92 Å². The highest BCUT2D eigenvalue weighted by Gasteiger charge is 2.31. The molecule has 2 aromatic heterocycles. The van der Waals surface area contributed by atoms with Crippen LogP contribution in [0.2, 0.25) is 10.0 Å². The molecule has 0 aliphatic carbocycles. The molecule has 1 fully saturated rings. The zero-order valence-corrected chi connectivity index (χ0v) is 19.0. The summed E-state index contributed by atoms with van der Waals surface area (Å²) in [6, 6.07) is 13.7. The first-order valence-corrected chi connectivity index (χ1v) is 12.0. The molecule has 0 saturated carbocycles. The third-order valence-electron chi connectivity index (χ3n) is 5.28. The van der Waals surface area contributed by atoms with Crippen LogP contribution in [0.3, 0.4) is 0 Å². The lowest BCUT2D eigenvalue weighted by atomic mass is 10.3. The third-order valence-corrected chi connectivity index (χ3v) is 7.93. The van der Waals surface area contributed by atoms with Crippen LogP contribution in [0.1, 0.15) is 0 Å². The smallest absolute Gasteiger partial charge is 0.244 e. The summed E-state index contributed by atoms with van der Waals surface area (Å²) >= 11 is 12.1. The van der Waals surface area contributed by atoms with E-state index in [9.17, 15) is 8.42 Å². The second-order valence-corrected chi connectivity index (χ2v) is 9.92. The molecule has 4 aromatic rings. The van der Waals surface area contributed by atoms with Gasteiger partial charge in [-0.2, -0.15) is 8.99 Å². The minimum absolute atomic E-state index is 0.116. The molecule has 32 heavy (non-hydrogen) atoms. The molecule has 164 valence electrons. The summed E-state index contributed by atoms with van der Waals surface area (Å²) in [4.78, 5) is 10.9. The Hall–Kier alpha value is -2.79. The average Bonchev–Trinajstić information content (AvgIpc) is 3.24. The Bertz CT molecular complexity index is 1380. The third kappa shape index (κ3) is 3.69. The normalized spacial score (nSPS) is 15.4. The first kappa shape index (κ1) is 21.1. The maximum Gasteiger partial charge on any atom is 0.244 e. The number of sulfonamides is 1. The number of halogens is 2. The summed E-state index contributed by atoms with van der Waals surface area (Å²) < 4.78 is 29.1. The molecular weight excluding hydrogens is 473 g/mol. The first-order valence-electron chi connectivity index (χ1n) is 9.77. The average molecular weight is 490 g/mol. The van der Waals surface area contributed by atoms with Gasteiger partial charge < -0.3 is 4.90 Å². The number of benzene rings is 2. The van der Waals surface area contributed by atoms with Gasteiger partial charge in [0, 0.05) is 31.2 Å². The number of hydrogen-bond acceptors (Lipinski definition) is 7. The van der Waals surface area contributed by atoms with Crippen molar-refractivity contribution in [3.05, 3.63) is 64.9 Å².